The number of rotatable bonds is 6. The topological polar surface area (TPSA) is 49.9 Å². The van der Waals surface area contributed by atoms with Crippen LogP contribution in [0.1, 0.15) is 29.5 Å². The fourth-order valence-corrected chi connectivity index (χ4v) is 4.57. The van der Waals surface area contributed by atoms with E-state index in [-0.39, 0.29) is 37.4 Å². The first-order valence-electron chi connectivity index (χ1n) is 11.7. The van der Waals surface area contributed by atoms with E-state index in [0.717, 1.165) is 5.56 Å². The van der Waals surface area contributed by atoms with Crippen LogP contribution in [0.2, 0.25) is 0 Å². The SMILES string of the molecule is O=C(OCc1ccccc1)N1CCC(C(=O)N(Cc2ccccc2)C(F)(F)F)(c2ccccc2)CC1. The first-order valence-corrected chi connectivity index (χ1v) is 11.7. The molecule has 0 bridgehead atoms. The summed E-state index contributed by atoms with van der Waals surface area (Å²) in [5.41, 5.74) is 0.309. The highest BCUT2D eigenvalue weighted by Gasteiger charge is 2.52. The maximum atomic E-state index is 14.2. The molecule has 0 N–H and O–H groups in total. The average Bonchev–Trinajstić information content (AvgIpc) is 2.91. The molecule has 0 aliphatic carbocycles. The van der Waals surface area contributed by atoms with Crippen molar-refractivity contribution in [2.45, 2.75) is 37.7 Å². The normalized spacial score (nSPS) is 15.2. The number of halogens is 3. The summed E-state index contributed by atoms with van der Waals surface area (Å²) in [5.74, 6) is -1.01. The predicted octanol–water partition coefficient (Wildman–Crippen LogP) is 5.91. The van der Waals surface area contributed by atoms with Gasteiger partial charge in [-0.05, 0) is 29.5 Å². The van der Waals surface area contributed by atoms with Crippen molar-refractivity contribution in [3.8, 4) is 0 Å². The monoisotopic (exact) mass is 496 g/mol. The molecule has 188 valence electrons. The van der Waals surface area contributed by atoms with Gasteiger partial charge < -0.3 is 9.64 Å². The van der Waals surface area contributed by atoms with Gasteiger partial charge in [0, 0.05) is 13.1 Å². The van der Waals surface area contributed by atoms with Gasteiger partial charge in [0.2, 0.25) is 5.91 Å². The van der Waals surface area contributed by atoms with E-state index in [4.69, 9.17) is 4.74 Å². The third kappa shape index (κ3) is 5.70. The number of carbonyl (C=O) groups is 2. The fraction of sp³-hybridized carbons (Fsp3) is 0.286. The number of nitrogens with zero attached hydrogens (tertiary/aromatic N) is 2. The van der Waals surface area contributed by atoms with Crippen molar-refractivity contribution in [3.05, 3.63) is 108 Å². The summed E-state index contributed by atoms with van der Waals surface area (Å²) in [5, 5.41) is 0. The van der Waals surface area contributed by atoms with Gasteiger partial charge in [0.1, 0.15) is 6.61 Å². The molecule has 1 fully saturated rings. The van der Waals surface area contributed by atoms with Crippen LogP contribution in [0, 0.1) is 0 Å². The third-order valence-corrected chi connectivity index (χ3v) is 6.55. The van der Waals surface area contributed by atoms with Crippen molar-refractivity contribution in [2.75, 3.05) is 13.1 Å². The quantitative estimate of drug-likeness (QED) is 0.399. The molecule has 0 unspecified atom stereocenters. The average molecular weight is 497 g/mol. The Morgan fingerprint density at radius 1 is 0.806 bits per heavy atom. The molecule has 3 aromatic carbocycles. The number of hydrogen-bond donors (Lipinski definition) is 0. The molecule has 2 amide bonds. The molecule has 8 heteroatoms. The van der Waals surface area contributed by atoms with E-state index in [2.05, 4.69) is 0 Å². The molecule has 0 radical (unpaired) electrons. The lowest BCUT2D eigenvalue weighted by atomic mass is 9.71. The number of likely N-dealkylation sites (tertiary alicyclic amines) is 1. The van der Waals surface area contributed by atoms with Gasteiger partial charge in [0.25, 0.3) is 0 Å². The van der Waals surface area contributed by atoms with Crippen LogP contribution in [0.4, 0.5) is 18.0 Å². The Balaban J connectivity index is 1.55. The molecule has 3 aromatic rings. The maximum absolute atomic E-state index is 14.2. The molecule has 1 heterocycles. The Morgan fingerprint density at radius 3 is 1.83 bits per heavy atom. The van der Waals surface area contributed by atoms with Gasteiger partial charge in [-0.2, -0.15) is 0 Å². The smallest absolute Gasteiger partial charge is 0.445 e. The lowest BCUT2D eigenvalue weighted by Gasteiger charge is -2.43. The second kappa shape index (κ2) is 10.8. The zero-order valence-electron chi connectivity index (χ0n) is 19.7. The standard InChI is InChI=1S/C28H27F3N2O3/c29-28(30,31)33(20-22-10-4-1-5-11-22)25(34)27(24-14-8-3-9-15-24)16-18-32(19-17-27)26(35)36-21-23-12-6-2-7-13-23/h1-15H,16-21H2. The zero-order chi connectivity index (χ0) is 25.6. The van der Waals surface area contributed by atoms with Crippen LogP contribution in [0.5, 0.6) is 0 Å². The van der Waals surface area contributed by atoms with Crippen molar-refractivity contribution >= 4 is 12.0 Å². The van der Waals surface area contributed by atoms with Gasteiger partial charge in [-0.25, -0.2) is 9.69 Å². The van der Waals surface area contributed by atoms with Crippen molar-refractivity contribution < 1.29 is 27.5 Å². The lowest BCUT2D eigenvalue weighted by Crippen LogP contribution is -2.56. The molecule has 1 aliphatic rings. The summed E-state index contributed by atoms with van der Waals surface area (Å²) < 4.78 is 47.9. The Kier molecular flexibility index (Phi) is 7.62. The third-order valence-electron chi connectivity index (χ3n) is 6.55. The molecule has 0 saturated carbocycles. The minimum atomic E-state index is -4.86. The summed E-state index contributed by atoms with van der Waals surface area (Å²) in [6, 6.07) is 25.8. The Labute approximate surface area is 208 Å². The van der Waals surface area contributed by atoms with E-state index >= 15 is 0 Å². The fourth-order valence-electron chi connectivity index (χ4n) is 4.57. The van der Waals surface area contributed by atoms with Crippen molar-refractivity contribution in [1.29, 1.82) is 0 Å². The minimum Gasteiger partial charge on any atom is -0.445 e. The van der Waals surface area contributed by atoms with Crippen LogP contribution >= 0.6 is 0 Å². The summed E-state index contributed by atoms with van der Waals surface area (Å²) in [7, 11) is 0. The Morgan fingerprint density at radius 2 is 1.31 bits per heavy atom. The van der Waals surface area contributed by atoms with Crippen LogP contribution in [0.25, 0.3) is 0 Å². The van der Waals surface area contributed by atoms with Crippen molar-refractivity contribution in [3.63, 3.8) is 0 Å². The predicted molar refractivity (Wildman–Crippen MR) is 129 cm³/mol. The van der Waals surface area contributed by atoms with Gasteiger partial charge in [-0.15, -0.1) is 13.2 Å². The number of ether oxygens (including phenoxy) is 1. The van der Waals surface area contributed by atoms with Crippen molar-refractivity contribution in [1.82, 2.24) is 9.80 Å². The van der Waals surface area contributed by atoms with Gasteiger partial charge in [-0.3, -0.25) is 4.79 Å². The second-order valence-corrected chi connectivity index (χ2v) is 8.82. The molecule has 4 rings (SSSR count). The summed E-state index contributed by atoms with van der Waals surface area (Å²) >= 11 is 0. The molecule has 0 aromatic heterocycles. The highest BCUT2D eigenvalue weighted by atomic mass is 19.4. The summed E-state index contributed by atoms with van der Waals surface area (Å²) in [6.45, 7) is -0.283. The largest absolute Gasteiger partial charge is 0.487 e. The van der Waals surface area contributed by atoms with Crippen LogP contribution in [0.3, 0.4) is 0 Å². The number of hydrogen-bond acceptors (Lipinski definition) is 3. The second-order valence-electron chi connectivity index (χ2n) is 8.82. The van der Waals surface area contributed by atoms with E-state index in [1.54, 1.807) is 60.7 Å². The van der Waals surface area contributed by atoms with Gasteiger partial charge in [0.05, 0.1) is 12.0 Å². The number of benzene rings is 3. The van der Waals surface area contributed by atoms with Crippen LogP contribution in [-0.2, 0) is 28.1 Å². The zero-order valence-corrected chi connectivity index (χ0v) is 19.7. The molecular formula is C28H27F3N2O3. The number of carbonyl (C=O) groups excluding carboxylic acids is 2. The Bertz CT molecular complexity index is 1150. The number of alkyl halides is 3. The number of piperidine rings is 1. The molecule has 1 aliphatic heterocycles. The number of amides is 2. The Hall–Kier alpha value is -3.81. The van der Waals surface area contributed by atoms with E-state index in [0.29, 0.717) is 11.1 Å². The van der Waals surface area contributed by atoms with Crippen LogP contribution in [0.15, 0.2) is 91.0 Å². The van der Waals surface area contributed by atoms with Crippen LogP contribution in [-0.4, -0.2) is 41.2 Å². The van der Waals surface area contributed by atoms with Crippen molar-refractivity contribution in [2.24, 2.45) is 0 Å². The highest BCUT2D eigenvalue weighted by Crippen LogP contribution is 2.40. The summed E-state index contributed by atoms with van der Waals surface area (Å²) in [4.78, 5) is 27.8. The van der Waals surface area contributed by atoms with Gasteiger partial charge in [0.15, 0.2) is 0 Å². The van der Waals surface area contributed by atoms with E-state index in [1.165, 1.54) is 4.90 Å². The molecule has 36 heavy (non-hydrogen) atoms. The molecule has 1 saturated heterocycles. The molecular weight excluding hydrogens is 469 g/mol. The molecule has 0 spiro atoms. The lowest BCUT2D eigenvalue weighted by molar-refractivity contribution is -0.247. The highest BCUT2D eigenvalue weighted by molar-refractivity contribution is 5.89. The minimum absolute atomic E-state index is 0.00127. The van der Waals surface area contributed by atoms with E-state index in [1.807, 2.05) is 30.3 Å². The van der Waals surface area contributed by atoms with Gasteiger partial charge >= 0.3 is 12.4 Å². The van der Waals surface area contributed by atoms with E-state index in [9.17, 15) is 22.8 Å². The summed E-state index contributed by atoms with van der Waals surface area (Å²) in [6.07, 6.45) is -5.31. The first kappa shape index (κ1) is 25.3. The van der Waals surface area contributed by atoms with E-state index < -0.39 is 30.3 Å². The van der Waals surface area contributed by atoms with Crippen LogP contribution < -0.4 is 0 Å². The molecule has 5 nitrogen and oxygen atoms in total. The molecule has 0 atom stereocenters. The maximum Gasteiger partial charge on any atom is 0.487 e. The first-order chi connectivity index (χ1) is 17.3. The van der Waals surface area contributed by atoms with Gasteiger partial charge in [-0.1, -0.05) is 91.0 Å².